The Hall–Kier alpha value is -1.02. The molecular weight excluding hydrogens is 232 g/mol. The number of rotatable bonds is 8. The van der Waals surface area contributed by atoms with Gasteiger partial charge in [-0.2, -0.15) is 0 Å². The number of benzene rings is 1. The van der Waals surface area contributed by atoms with Crippen LogP contribution in [0.2, 0.25) is 0 Å². The molecule has 0 aromatic heterocycles. The summed E-state index contributed by atoms with van der Waals surface area (Å²) in [6, 6.07) is 8.65. The minimum Gasteiger partial charge on any atom is -0.372 e. The zero-order valence-corrected chi connectivity index (χ0v) is 13.1. The second kappa shape index (κ2) is 7.54. The molecule has 108 valence electrons. The highest BCUT2D eigenvalue weighted by molar-refractivity contribution is 5.52. The third kappa shape index (κ3) is 5.23. The van der Waals surface area contributed by atoms with Crippen molar-refractivity contribution in [1.82, 2.24) is 0 Å². The summed E-state index contributed by atoms with van der Waals surface area (Å²) in [5, 5.41) is 0. The van der Waals surface area contributed by atoms with Crippen molar-refractivity contribution in [2.24, 2.45) is 11.1 Å². The fraction of sp³-hybridized carbons (Fsp3) is 0.647. The molecule has 0 unspecified atom stereocenters. The van der Waals surface area contributed by atoms with E-state index in [0.717, 1.165) is 26.1 Å². The molecule has 2 N–H and O–H groups in total. The summed E-state index contributed by atoms with van der Waals surface area (Å²) < 4.78 is 0. The maximum absolute atomic E-state index is 5.67. The number of nitrogens with zero attached hydrogens (tertiary/aromatic N) is 1. The second-order valence-corrected chi connectivity index (χ2v) is 6.17. The van der Waals surface area contributed by atoms with Gasteiger partial charge in [-0.05, 0) is 56.7 Å². The Morgan fingerprint density at radius 3 is 2.42 bits per heavy atom. The molecule has 0 saturated carbocycles. The van der Waals surface area contributed by atoms with E-state index in [1.165, 1.54) is 24.1 Å². The van der Waals surface area contributed by atoms with Crippen LogP contribution in [-0.4, -0.2) is 19.6 Å². The van der Waals surface area contributed by atoms with Gasteiger partial charge in [-0.15, -0.1) is 0 Å². The highest BCUT2D eigenvalue weighted by Gasteiger charge is 2.17. The SMILES string of the molecule is CCN(CCCC(C)(C)CCN)c1ccccc1C. The first-order valence-corrected chi connectivity index (χ1v) is 7.51. The lowest BCUT2D eigenvalue weighted by Gasteiger charge is -2.28. The Morgan fingerprint density at radius 1 is 1.16 bits per heavy atom. The third-order valence-corrected chi connectivity index (χ3v) is 3.94. The van der Waals surface area contributed by atoms with Gasteiger partial charge in [-0.3, -0.25) is 0 Å². The first-order chi connectivity index (χ1) is 9.00. The quantitative estimate of drug-likeness (QED) is 0.768. The van der Waals surface area contributed by atoms with E-state index >= 15 is 0 Å². The molecule has 2 heteroatoms. The standard InChI is InChI=1S/C17H30N2/c1-5-19(16-10-7-6-9-15(16)2)14-8-11-17(3,4)12-13-18/h6-7,9-10H,5,8,11-14,18H2,1-4H3. The molecule has 2 nitrogen and oxygen atoms in total. The van der Waals surface area contributed by atoms with Gasteiger partial charge in [-0.1, -0.05) is 32.0 Å². The number of hydrogen-bond donors (Lipinski definition) is 1. The Labute approximate surface area is 119 Å². The number of anilines is 1. The molecule has 0 saturated heterocycles. The number of aryl methyl sites for hydroxylation is 1. The van der Waals surface area contributed by atoms with Crippen LogP contribution in [0.5, 0.6) is 0 Å². The largest absolute Gasteiger partial charge is 0.372 e. The summed E-state index contributed by atoms with van der Waals surface area (Å²) in [6.07, 6.45) is 3.59. The Kier molecular flexibility index (Phi) is 6.36. The van der Waals surface area contributed by atoms with Crippen LogP contribution < -0.4 is 10.6 Å². The van der Waals surface area contributed by atoms with Crippen molar-refractivity contribution in [1.29, 1.82) is 0 Å². The minimum atomic E-state index is 0.375. The van der Waals surface area contributed by atoms with Crippen LogP contribution >= 0.6 is 0 Å². The predicted octanol–water partition coefficient (Wildman–Crippen LogP) is 3.98. The van der Waals surface area contributed by atoms with Crippen LogP contribution in [0.3, 0.4) is 0 Å². The van der Waals surface area contributed by atoms with Gasteiger partial charge < -0.3 is 10.6 Å². The molecule has 0 atom stereocenters. The molecule has 0 bridgehead atoms. The van der Waals surface area contributed by atoms with Crippen molar-refractivity contribution < 1.29 is 0 Å². The fourth-order valence-electron chi connectivity index (χ4n) is 2.63. The van der Waals surface area contributed by atoms with E-state index < -0.39 is 0 Å². The van der Waals surface area contributed by atoms with E-state index in [-0.39, 0.29) is 0 Å². The summed E-state index contributed by atoms with van der Waals surface area (Å²) in [7, 11) is 0. The molecular formula is C17H30N2. The highest BCUT2D eigenvalue weighted by Crippen LogP contribution is 2.27. The summed E-state index contributed by atoms with van der Waals surface area (Å²) in [4.78, 5) is 2.48. The van der Waals surface area contributed by atoms with Crippen molar-refractivity contribution in [3.8, 4) is 0 Å². The van der Waals surface area contributed by atoms with Gasteiger partial charge in [0, 0.05) is 18.8 Å². The molecule has 0 aliphatic heterocycles. The normalized spacial score (nSPS) is 11.6. The van der Waals surface area contributed by atoms with Crippen LogP contribution in [0, 0.1) is 12.3 Å². The lowest BCUT2D eigenvalue weighted by molar-refractivity contribution is 0.305. The van der Waals surface area contributed by atoms with E-state index in [0.29, 0.717) is 5.41 Å². The van der Waals surface area contributed by atoms with Crippen molar-refractivity contribution in [2.45, 2.75) is 47.0 Å². The smallest absolute Gasteiger partial charge is 0.0395 e. The van der Waals surface area contributed by atoms with Gasteiger partial charge in [0.25, 0.3) is 0 Å². The first kappa shape index (κ1) is 16.0. The van der Waals surface area contributed by atoms with Crippen LogP contribution in [0.1, 0.15) is 45.6 Å². The van der Waals surface area contributed by atoms with Crippen molar-refractivity contribution in [3.05, 3.63) is 29.8 Å². The van der Waals surface area contributed by atoms with E-state index in [4.69, 9.17) is 5.73 Å². The van der Waals surface area contributed by atoms with E-state index in [1.807, 2.05) is 0 Å². The van der Waals surface area contributed by atoms with E-state index in [9.17, 15) is 0 Å². The molecule has 19 heavy (non-hydrogen) atoms. The first-order valence-electron chi connectivity index (χ1n) is 7.51. The highest BCUT2D eigenvalue weighted by atomic mass is 15.1. The summed E-state index contributed by atoms with van der Waals surface area (Å²) in [5.41, 5.74) is 8.79. The average molecular weight is 262 g/mol. The molecule has 1 rings (SSSR count). The molecule has 0 aliphatic rings. The molecule has 1 aromatic rings. The lowest BCUT2D eigenvalue weighted by Crippen LogP contribution is -2.26. The molecule has 0 radical (unpaired) electrons. The monoisotopic (exact) mass is 262 g/mol. The van der Waals surface area contributed by atoms with Crippen molar-refractivity contribution in [2.75, 3.05) is 24.5 Å². The summed E-state index contributed by atoms with van der Waals surface area (Å²) in [5.74, 6) is 0. The van der Waals surface area contributed by atoms with Gasteiger partial charge in [0.2, 0.25) is 0 Å². The molecule has 0 spiro atoms. The van der Waals surface area contributed by atoms with Crippen molar-refractivity contribution >= 4 is 5.69 Å². The fourth-order valence-corrected chi connectivity index (χ4v) is 2.63. The Morgan fingerprint density at radius 2 is 1.84 bits per heavy atom. The second-order valence-electron chi connectivity index (χ2n) is 6.17. The Balaban J connectivity index is 2.53. The van der Waals surface area contributed by atoms with Gasteiger partial charge in [0.1, 0.15) is 0 Å². The molecule has 0 amide bonds. The maximum atomic E-state index is 5.67. The maximum Gasteiger partial charge on any atom is 0.0395 e. The summed E-state index contributed by atoms with van der Waals surface area (Å²) in [6.45, 7) is 12.1. The Bertz CT molecular complexity index is 371. The average Bonchev–Trinajstić information content (AvgIpc) is 2.36. The molecule has 1 aromatic carbocycles. The van der Waals surface area contributed by atoms with Crippen LogP contribution in [0.15, 0.2) is 24.3 Å². The zero-order valence-electron chi connectivity index (χ0n) is 13.1. The zero-order chi connectivity index (χ0) is 14.3. The van der Waals surface area contributed by atoms with E-state index in [2.05, 4.69) is 56.9 Å². The summed E-state index contributed by atoms with van der Waals surface area (Å²) >= 11 is 0. The lowest BCUT2D eigenvalue weighted by atomic mass is 9.84. The number of hydrogen-bond acceptors (Lipinski definition) is 2. The van der Waals surface area contributed by atoms with E-state index in [1.54, 1.807) is 0 Å². The number of nitrogens with two attached hydrogens (primary N) is 1. The third-order valence-electron chi connectivity index (χ3n) is 3.94. The van der Waals surface area contributed by atoms with Gasteiger partial charge in [0.15, 0.2) is 0 Å². The molecule has 0 fully saturated rings. The number of para-hydroxylation sites is 1. The van der Waals surface area contributed by atoms with Gasteiger partial charge >= 0.3 is 0 Å². The van der Waals surface area contributed by atoms with Crippen LogP contribution in [-0.2, 0) is 0 Å². The van der Waals surface area contributed by atoms with Crippen LogP contribution in [0.25, 0.3) is 0 Å². The van der Waals surface area contributed by atoms with Crippen LogP contribution in [0.4, 0.5) is 5.69 Å². The van der Waals surface area contributed by atoms with Gasteiger partial charge in [0.05, 0.1) is 0 Å². The molecule has 0 heterocycles. The van der Waals surface area contributed by atoms with Gasteiger partial charge in [-0.25, -0.2) is 0 Å². The van der Waals surface area contributed by atoms with Crippen molar-refractivity contribution in [3.63, 3.8) is 0 Å². The minimum absolute atomic E-state index is 0.375. The predicted molar refractivity (Wildman–Crippen MR) is 85.8 cm³/mol. The topological polar surface area (TPSA) is 29.3 Å². The molecule has 0 aliphatic carbocycles.